The molecule has 2 aliphatic heterocycles. The number of halogens is 3. The predicted octanol–water partition coefficient (Wildman–Crippen LogP) is 4.49. The summed E-state index contributed by atoms with van der Waals surface area (Å²) >= 11 is 1.39. The highest BCUT2D eigenvalue weighted by molar-refractivity contribution is 8.16. The maximum atomic E-state index is 12.5. The molecule has 2 aliphatic rings. The van der Waals surface area contributed by atoms with Crippen molar-refractivity contribution < 1.29 is 22.7 Å². The number of thioether (sulfide) groups is 1. The zero-order valence-corrected chi connectivity index (χ0v) is 17.1. The van der Waals surface area contributed by atoms with E-state index >= 15 is 0 Å². The molecule has 1 atom stereocenters. The van der Waals surface area contributed by atoms with Crippen LogP contribution >= 0.6 is 11.8 Å². The van der Waals surface area contributed by atoms with E-state index in [9.17, 15) is 18.0 Å². The highest BCUT2D eigenvalue weighted by atomic mass is 32.2. The van der Waals surface area contributed by atoms with Gasteiger partial charge in [0.25, 0.3) is 5.91 Å². The van der Waals surface area contributed by atoms with Crippen LogP contribution in [0.1, 0.15) is 31.9 Å². The van der Waals surface area contributed by atoms with E-state index in [4.69, 9.17) is 4.74 Å². The Morgan fingerprint density at radius 3 is 2.34 bits per heavy atom. The van der Waals surface area contributed by atoms with Gasteiger partial charge in [0.2, 0.25) is 4.87 Å². The molecule has 1 unspecified atom stereocenters. The SMILES string of the molecule is CC.CC(F)(F)F.COc1ccc2c(c1)C1(NN=C(c3ccncc3)S1)C(=O)N2. The first-order valence-electron chi connectivity index (χ1n) is 8.74. The molecule has 1 amide bonds. The van der Waals surface area contributed by atoms with Crippen LogP contribution in [0.4, 0.5) is 18.9 Å². The number of aromatic nitrogens is 1. The molecule has 3 heterocycles. The Balaban J connectivity index is 0.000000378. The predicted molar refractivity (Wildman–Crippen MR) is 108 cm³/mol. The van der Waals surface area contributed by atoms with E-state index in [-0.39, 0.29) is 12.8 Å². The summed E-state index contributed by atoms with van der Waals surface area (Å²) in [5.74, 6) is 0.572. The van der Waals surface area contributed by atoms with Gasteiger partial charge in [-0.25, -0.2) is 0 Å². The Bertz CT molecular complexity index is 885. The number of methoxy groups -OCH3 is 1. The van der Waals surface area contributed by atoms with E-state index in [0.29, 0.717) is 5.75 Å². The lowest BCUT2D eigenvalue weighted by Gasteiger charge is -2.20. The van der Waals surface area contributed by atoms with Crippen molar-refractivity contribution in [2.24, 2.45) is 5.10 Å². The fourth-order valence-electron chi connectivity index (χ4n) is 2.53. The summed E-state index contributed by atoms with van der Waals surface area (Å²) in [5.41, 5.74) is 5.53. The maximum absolute atomic E-state index is 12.5. The third kappa shape index (κ3) is 5.20. The van der Waals surface area contributed by atoms with Crippen LogP contribution < -0.4 is 15.5 Å². The second-order valence-electron chi connectivity index (χ2n) is 5.69. The number of amides is 1. The number of carbonyl (C=O) groups excluding carboxylic acids is 1. The molecule has 156 valence electrons. The Hall–Kier alpha value is -2.75. The van der Waals surface area contributed by atoms with E-state index in [1.54, 1.807) is 19.5 Å². The molecule has 0 fully saturated rings. The van der Waals surface area contributed by atoms with E-state index in [1.807, 2.05) is 44.2 Å². The van der Waals surface area contributed by atoms with Gasteiger partial charge in [0.15, 0.2) is 0 Å². The average molecular weight is 426 g/mol. The number of hydrazone groups is 1. The number of hydrogen-bond acceptors (Lipinski definition) is 6. The molecule has 29 heavy (non-hydrogen) atoms. The van der Waals surface area contributed by atoms with Gasteiger partial charge in [0.05, 0.1) is 7.11 Å². The second kappa shape index (κ2) is 9.17. The number of benzene rings is 1. The van der Waals surface area contributed by atoms with Crippen LogP contribution in [-0.4, -0.2) is 29.2 Å². The number of carbonyl (C=O) groups is 1. The summed E-state index contributed by atoms with van der Waals surface area (Å²) in [7, 11) is 1.60. The lowest BCUT2D eigenvalue weighted by molar-refractivity contribution is -0.118. The molecular formula is C19H21F3N4O2S. The zero-order valence-electron chi connectivity index (χ0n) is 16.3. The molecule has 0 aliphatic carbocycles. The minimum atomic E-state index is -4.00. The molecule has 10 heteroatoms. The number of hydrogen-bond donors (Lipinski definition) is 2. The smallest absolute Gasteiger partial charge is 0.386 e. The first kappa shape index (κ1) is 22.5. The summed E-state index contributed by atoms with van der Waals surface area (Å²) in [5, 5.41) is 7.99. The number of nitrogens with one attached hydrogen (secondary N) is 2. The van der Waals surface area contributed by atoms with Crippen LogP contribution in [0, 0.1) is 0 Å². The fraction of sp³-hybridized carbons (Fsp3) is 0.316. The van der Waals surface area contributed by atoms with Crippen LogP contribution in [0.25, 0.3) is 0 Å². The van der Waals surface area contributed by atoms with Gasteiger partial charge in [-0.05, 0) is 30.3 Å². The van der Waals surface area contributed by atoms with Crippen molar-refractivity contribution in [3.05, 3.63) is 53.9 Å². The van der Waals surface area contributed by atoms with E-state index < -0.39 is 11.0 Å². The molecule has 1 aromatic heterocycles. The van der Waals surface area contributed by atoms with Crippen LogP contribution in [0.3, 0.4) is 0 Å². The summed E-state index contributed by atoms with van der Waals surface area (Å²) in [6, 6.07) is 9.26. The fourth-order valence-corrected chi connectivity index (χ4v) is 3.68. The van der Waals surface area contributed by atoms with Crippen LogP contribution in [0.15, 0.2) is 47.8 Å². The molecule has 1 aromatic carbocycles. The molecule has 4 rings (SSSR count). The number of alkyl halides is 3. The average Bonchev–Trinajstić information content (AvgIpc) is 3.26. The highest BCUT2D eigenvalue weighted by Gasteiger charge is 2.52. The van der Waals surface area contributed by atoms with Crippen molar-refractivity contribution in [2.45, 2.75) is 31.8 Å². The van der Waals surface area contributed by atoms with Crippen molar-refractivity contribution >= 4 is 28.4 Å². The second-order valence-corrected chi connectivity index (χ2v) is 6.90. The van der Waals surface area contributed by atoms with Crippen molar-refractivity contribution in [1.29, 1.82) is 0 Å². The number of ether oxygens (including phenoxy) is 1. The molecule has 0 saturated heterocycles. The largest absolute Gasteiger partial charge is 0.497 e. The van der Waals surface area contributed by atoms with Gasteiger partial charge in [-0.15, -0.1) is 0 Å². The number of fused-ring (bicyclic) bond motifs is 2. The van der Waals surface area contributed by atoms with Crippen molar-refractivity contribution in [3.63, 3.8) is 0 Å². The quantitative estimate of drug-likeness (QED) is 0.740. The van der Waals surface area contributed by atoms with E-state index in [2.05, 4.69) is 20.8 Å². The standard InChI is InChI=1S/C15H12N4O2S.C2H3F3.C2H6/c1-21-10-2-3-12-11(8-10)15(14(20)17-12)19-18-13(22-15)9-4-6-16-7-5-9;1-2(3,4)5;1-2/h2-8,19H,1H3,(H,17,20);1H3;1-2H3. The van der Waals surface area contributed by atoms with Gasteiger partial charge in [0, 0.05) is 36.1 Å². The summed E-state index contributed by atoms with van der Waals surface area (Å²) in [4.78, 5) is 15.6. The first-order chi connectivity index (χ1) is 13.7. The Labute approximate surface area is 170 Å². The number of nitrogens with zero attached hydrogens (tertiary/aromatic N) is 2. The summed E-state index contributed by atoms with van der Waals surface area (Å²) in [6.45, 7) is 4.19. The summed E-state index contributed by atoms with van der Waals surface area (Å²) < 4.78 is 36.3. The Kier molecular flexibility index (Phi) is 7.12. The maximum Gasteiger partial charge on any atom is 0.386 e. The van der Waals surface area contributed by atoms with E-state index in [1.165, 1.54) is 11.8 Å². The van der Waals surface area contributed by atoms with Gasteiger partial charge < -0.3 is 10.1 Å². The van der Waals surface area contributed by atoms with Crippen molar-refractivity contribution in [2.75, 3.05) is 12.4 Å². The third-order valence-electron chi connectivity index (χ3n) is 3.67. The lowest BCUT2D eigenvalue weighted by atomic mass is 10.1. The molecule has 0 saturated carbocycles. The van der Waals surface area contributed by atoms with Crippen molar-refractivity contribution in [1.82, 2.24) is 10.4 Å². The van der Waals surface area contributed by atoms with Gasteiger partial charge in [-0.3, -0.25) is 15.2 Å². The number of pyridine rings is 1. The van der Waals surface area contributed by atoms with Gasteiger partial charge in [-0.2, -0.15) is 18.3 Å². The molecule has 1 spiro atoms. The first-order valence-corrected chi connectivity index (χ1v) is 9.55. The van der Waals surface area contributed by atoms with Gasteiger partial charge in [-0.1, -0.05) is 25.6 Å². The van der Waals surface area contributed by atoms with Crippen LogP contribution in [0.5, 0.6) is 5.75 Å². The van der Waals surface area contributed by atoms with Crippen molar-refractivity contribution in [3.8, 4) is 5.75 Å². The highest BCUT2D eigenvalue weighted by Crippen LogP contribution is 2.48. The minimum Gasteiger partial charge on any atom is -0.497 e. The normalized spacial score (nSPS) is 19.0. The zero-order chi connectivity index (χ0) is 21.7. The molecule has 0 radical (unpaired) electrons. The lowest BCUT2D eigenvalue weighted by Crippen LogP contribution is -2.39. The number of rotatable bonds is 2. The van der Waals surface area contributed by atoms with Crippen LogP contribution in [-0.2, 0) is 9.67 Å². The van der Waals surface area contributed by atoms with Gasteiger partial charge in [0.1, 0.15) is 10.8 Å². The molecule has 6 nitrogen and oxygen atoms in total. The minimum absolute atomic E-state index is 0.131. The Morgan fingerprint density at radius 2 is 1.76 bits per heavy atom. The third-order valence-corrected chi connectivity index (χ3v) is 4.99. The monoisotopic (exact) mass is 426 g/mol. The number of anilines is 1. The topological polar surface area (TPSA) is 75.6 Å². The Morgan fingerprint density at radius 1 is 1.14 bits per heavy atom. The molecular weight excluding hydrogens is 405 g/mol. The molecule has 2 aromatic rings. The summed E-state index contributed by atoms with van der Waals surface area (Å²) in [6.07, 6.45) is -0.593. The van der Waals surface area contributed by atoms with E-state index in [0.717, 1.165) is 21.9 Å². The molecule has 2 N–H and O–H groups in total. The van der Waals surface area contributed by atoms with Gasteiger partial charge >= 0.3 is 6.18 Å². The van der Waals surface area contributed by atoms with Crippen LogP contribution in [0.2, 0.25) is 0 Å². The molecule has 0 bridgehead atoms.